The Balaban J connectivity index is 1.57. The molecule has 1 atom stereocenters. The molecule has 156 valence electrons. The Morgan fingerprint density at radius 2 is 1.69 bits per heavy atom. The van der Waals surface area contributed by atoms with Crippen LogP contribution < -0.4 is 10.1 Å². The molecule has 0 fully saturated rings. The number of allylic oxidation sites excluding steroid dienone is 3. The molecule has 2 aromatic carbocycles. The van der Waals surface area contributed by atoms with Crippen LogP contribution in [0.2, 0.25) is 0 Å². The number of carbonyl (C=O) groups excluding carboxylic acids is 2. The van der Waals surface area contributed by atoms with Crippen molar-refractivity contribution in [1.29, 1.82) is 0 Å². The molecule has 32 heavy (non-hydrogen) atoms. The number of imide groups is 1. The van der Waals surface area contributed by atoms with Crippen LogP contribution in [0.5, 0.6) is 5.75 Å². The summed E-state index contributed by atoms with van der Waals surface area (Å²) in [5.41, 5.74) is 1.29. The Morgan fingerprint density at radius 1 is 0.875 bits per heavy atom. The number of nitrogens with one attached hydrogen (secondary N) is 1. The highest BCUT2D eigenvalue weighted by Crippen LogP contribution is 2.48. The second-order valence-corrected chi connectivity index (χ2v) is 9.75. The van der Waals surface area contributed by atoms with E-state index in [1.165, 1.54) is 0 Å². The Labute approximate surface area is 183 Å². The van der Waals surface area contributed by atoms with Crippen molar-refractivity contribution >= 4 is 27.7 Å². The van der Waals surface area contributed by atoms with Crippen LogP contribution in [0, 0.1) is 0 Å². The fraction of sp³-hybridized carbons (Fsp3) is 0.0400. The van der Waals surface area contributed by atoms with Crippen molar-refractivity contribution in [3.63, 3.8) is 0 Å². The number of fused-ring (bicyclic) bond motifs is 3. The van der Waals surface area contributed by atoms with E-state index in [0.717, 1.165) is 11.1 Å². The average molecular weight is 441 g/mol. The third-order valence-corrected chi connectivity index (χ3v) is 7.77. The van der Waals surface area contributed by atoms with Gasteiger partial charge in [-0.25, -0.2) is 8.42 Å². The Morgan fingerprint density at radius 3 is 2.50 bits per heavy atom. The smallest absolute Gasteiger partial charge is 0.262 e. The van der Waals surface area contributed by atoms with E-state index in [1.807, 2.05) is 24.3 Å². The highest BCUT2D eigenvalue weighted by Gasteiger charge is 2.46. The minimum atomic E-state index is -3.79. The van der Waals surface area contributed by atoms with Gasteiger partial charge < -0.3 is 4.74 Å². The number of rotatable bonds is 2. The van der Waals surface area contributed by atoms with Crippen LogP contribution >= 0.6 is 0 Å². The largest absolute Gasteiger partial charge is 0.472 e. The van der Waals surface area contributed by atoms with Crippen molar-refractivity contribution < 1.29 is 22.7 Å². The Kier molecular flexibility index (Phi) is 3.68. The molecule has 0 saturated carbocycles. The van der Waals surface area contributed by atoms with E-state index < -0.39 is 27.3 Å². The molecule has 2 amide bonds. The van der Waals surface area contributed by atoms with Crippen LogP contribution in [0.15, 0.2) is 99.9 Å². The third-order valence-electron chi connectivity index (χ3n) is 6.01. The lowest BCUT2D eigenvalue weighted by Crippen LogP contribution is -2.42. The first-order valence-electron chi connectivity index (χ1n) is 9.94. The quantitative estimate of drug-likeness (QED) is 0.721. The zero-order chi connectivity index (χ0) is 22.1. The van der Waals surface area contributed by atoms with Crippen molar-refractivity contribution in [3.8, 4) is 5.75 Å². The van der Waals surface area contributed by atoms with Crippen molar-refractivity contribution in [3.05, 3.63) is 112 Å². The summed E-state index contributed by atoms with van der Waals surface area (Å²) in [5, 5.41) is 2.30. The first kappa shape index (κ1) is 18.8. The van der Waals surface area contributed by atoms with E-state index in [0.29, 0.717) is 5.56 Å². The molecule has 0 radical (unpaired) electrons. The predicted octanol–water partition coefficient (Wildman–Crippen LogP) is 3.51. The van der Waals surface area contributed by atoms with Crippen LogP contribution in [-0.2, 0) is 9.84 Å². The maximum atomic E-state index is 13.3. The van der Waals surface area contributed by atoms with Crippen LogP contribution in [0.1, 0.15) is 26.3 Å². The second-order valence-electron chi connectivity index (χ2n) is 7.80. The molecule has 1 spiro atoms. The van der Waals surface area contributed by atoms with Crippen LogP contribution in [0.25, 0.3) is 6.08 Å². The molecule has 1 N–H and O–H groups in total. The van der Waals surface area contributed by atoms with Gasteiger partial charge in [0.05, 0.1) is 20.9 Å². The summed E-state index contributed by atoms with van der Waals surface area (Å²) in [6, 6.07) is 11.5. The third kappa shape index (κ3) is 2.42. The predicted molar refractivity (Wildman–Crippen MR) is 118 cm³/mol. The van der Waals surface area contributed by atoms with Crippen LogP contribution in [-0.4, -0.2) is 25.8 Å². The van der Waals surface area contributed by atoms with Crippen molar-refractivity contribution in [2.75, 3.05) is 0 Å². The summed E-state index contributed by atoms with van der Waals surface area (Å²) in [6.45, 7) is 0. The number of amides is 2. The summed E-state index contributed by atoms with van der Waals surface area (Å²) in [6.07, 6.45) is 12.3. The molecule has 2 heterocycles. The Hall–Kier alpha value is -3.97. The number of benzene rings is 2. The molecular weight excluding hydrogens is 426 g/mol. The molecule has 6 nitrogen and oxygen atoms in total. The first-order chi connectivity index (χ1) is 15.4. The van der Waals surface area contributed by atoms with Crippen LogP contribution in [0.4, 0.5) is 0 Å². The molecule has 2 aromatic rings. The van der Waals surface area contributed by atoms with Crippen molar-refractivity contribution in [1.82, 2.24) is 5.32 Å². The molecule has 0 saturated heterocycles. The number of carbonyl (C=O) groups is 2. The van der Waals surface area contributed by atoms with Crippen molar-refractivity contribution in [2.24, 2.45) is 0 Å². The van der Waals surface area contributed by atoms with Gasteiger partial charge in [-0.15, -0.1) is 0 Å². The van der Waals surface area contributed by atoms with Gasteiger partial charge in [0.1, 0.15) is 5.75 Å². The first-order valence-corrected chi connectivity index (χ1v) is 11.4. The van der Waals surface area contributed by atoms with E-state index in [9.17, 15) is 18.0 Å². The number of ether oxygens (including phenoxy) is 1. The van der Waals surface area contributed by atoms with Gasteiger partial charge >= 0.3 is 0 Å². The van der Waals surface area contributed by atoms with Crippen LogP contribution in [0.3, 0.4) is 0 Å². The summed E-state index contributed by atoms with van der Waals surface area (Å²) >= 11 is 0. The highest BCUT2D eigenvalue weighted by atomic mass is 32.2. The normalized spacial score (nSPS) is 22.4. The topological polar surface area (TPSA) is 89.5 Å². The summed E-state index contributed by atoms with van der Waals surface area (Å²) in [5.74, 6) is -0.743. The molecule has 0 bridgehead atoms. The second kappa shape index (κ2) is 6.27. The lowest BCUT2D eigenvalue weighted by Gasteiger charge is -2.41. The molecule has 2 aliphatic carbocycles. The maximum Gasteiger partial charge on any atom is 0.262 e. The summed E-state index contributed by atoms with van der Waals surface area (Å²) in [4.78, 5) is 24.9. The fourth-order valence-electron chi connectivity index (χ4n) is 4.44. The van der Waals surface area contributed by atoms with E-state index in [-0.39, 0.29) is 26.7 Å². The highest BCUT2D eigenvalue weighted by molar-refractivity contribution is 7.95. The molecule has 1 unspecified atom stereocenters. The molecule has 0 aromatic heterocycles. The minimum Gasteiger partial charge on any atom is -0.472 e. The maximum absolute atomic E-state index is 13.3. The number of hydrogen-bond acceptors (Lipinski definition) is 5. The summed E-state index contributed by atoms with van der Waals surface area (Å²) in [7, 11) is -3.79. The molecular formula is C25H15NO5S. The zero-order valence-electron chi connectivity index (χ0n) is 16.5. The lowest BCUT2D eigenvalue weighted by molar-refractivity contribution is 0.0877. The van der Waals surface area contributed by atoms with Gasteiger partial charge in [0.25, 0.3) is 11.8 Å². The van der Waals surface area contributed by atoms with Gasteiger partial charge in [-0.1, -0.05) is 48.6 Å². The molecule has 7 heteroatoms. The van der Waals surface area contributed by atoms with Gasteiger partial charge in [0, 0.05) is 16.7 Å². The van der Waals surface area contributed by atoms with E-state index in [4.69, 9.17) is 4.74 Å². The van der Waals surface area contributed by atoms with Gasteiger partial charge in [-0.3, -0.25) is 14.9 Å². The number of sulfone groups is 1. The lowest BCUT2D eigenvalue weighted by atomic mass is 9.77. The monoisotopic (exact) mass is 441 g/mol. The molecule has 6 rings (SSSR count). The standard InChI is InChI=1S/C25H15NO5S/c27-23-20-12-9-15-13-17-6-4-5-16-10-11-19(32(29,30)18-7-2-1-3-8-18)14-25(16,17)31-22(15)21(20)24(28)26-23/h1-14H,(H,26,27,28). The van der Waals surface area contributed by atoms with Gasteiger partial charge in [-0.2, -0.15) is 0 Å². The van der Waals surface area contributed by atoms with Gasteiger partial charge in [0.15, 0.2) is 5.60 Å². The van der Waals surface area contributed by atoms with Gasteiger partial charge in [-0.05, 0) is 36.4 Å². The van der Waals surface area contributed by atoms with Gasteiger partial charge in [0.2, 0.25) is 9.84 Å². The van der Waals surface area contributed by atoms with E-state index in [2.05, 4.69) is 5.32 Å². The van der Waals surface area contributed by atoms with E-state index in [1.54, 1.807) is 60.7 Å². The van der Waals surface area contributed by atoms with E-state index >= 15 is 0 Å². The number of hydrogen-bond donors (Lipinski definition) is 1. The molecule has 2 aliphatic heterocycles. The molecule has 4 aliphatic rings. The average Bonchev–Trinajstić information content (AvgIpc) is 3.10. The summed E-state index contributed by atoms with van der Waals surface area (Å²) < 4.78 is 33.1. The van der Waals surface area contributed by atoms with Crippen molar-refractivity contribution in [2.45, 2.75) is 10.5 Å². The zero-order valence-corrected chi connectivity index (χ0v) is 17.3. The Bertz CT molecular complexity index is 1510. The minimum absolute atomic E-state index is 0.0959. The SMILES string of the molecule is O=C1NC(=O)c2c1ccc1c2OC23C=C(S(=O)(=O)c4ccccc4)C=CC2=CC=CC3=C1. The fourth-order valence-corrected chi connectivity index (χ4v) is 5.80.